The van der Waals surface area contributed by atoms with Gasteiger partial charge in [-0.3, -0.25) is 4.79 Å². The van der Waals surface area contributed by atoms with Crippen molar-refractivity contribution < 1.29 is 14.3 Å². The molecule has 0 aromatic heterocycles. The predicted molar refractivity (Wildman–Crippen MR) is 109 cm³/mol. The van der Waals surface area contributed by atoms with Gasteiger partial charge in [-0.15, -0.1) is 0 Å². The van der Waals surface area contributed by atoms with E-state index in [0.717, 1.165) is 48.9 Å². The van der Waals surface area contributed by atoms with Crippen LogP contribution in [0.5, 0.6) is 5.75 Å². The second-order valence-corrected chi connectivity index (χ2v) is 10.9. The second-order valence-electron chi connectivity index (χ2n) is 8.57. The number of carbonyl (C=O) groups excluding carboxylic acids is 1. The van der Waals surface area contributed by atoms with Gasteiger partial charge in [0.1, 0.15) is 17.3 Å². The lowest BCUT2D eigenvalue weighted by Gasteiger charge is -2.31. The molecule has 2 fully saturated rings. The molecule has 1 aliphatic heterocycles. The summed E-state index contributed by atoms with van der Waals surface area (Å²) in [5.41, 5.74) is 0.786. The Balaban J connectivity index is 1.70. The normalized spacial score (nSPS) is 21.3. The van der Waals surface area contributed by atoms with Crippen LogP contribution in [0.25, 0.3) is 0 Å². The van der Waals surface area contributed by atoms with Gasteiger partial charge in [-0.05, 0) is 49.9 Å². The lowest BCUT2D eigenvalue weighted by Crippen LogP contribution is -2.47. The molecule has 3 nitrogen and oxygen atoms in total. The summed E-state index contributed by atoms with van der Waals surface area (Å²) in [7, 11) is 0.101. The van der Waals surface area contributed by atoms with E-state index in [-0.39, 0.29) is 27.3 Å². The predicted octanol–water partition coefficient (Wildman–Crippen LogP) is 4.64. The molecule has 0 spiro atoms. The van der Waals surface area contributed by atoms with Gasteiger partial charge in [0, 0.05) is 21.9 Å². The zero-order valence-corrected chi connectivity index (χ0v) is 17.3. The smallest absolute Gasteiger partial charge is 0.215 e. The third kappa shape index (κ3) is 5.04. The lowest BCUT2D eigenvalue weighted by molar-refractivity contribution is 0.0946. The number of ketones is 1. The molecule has 1 heterocycles. The Morgan fingerprint density at radius 3 is 2.27 bits per heavy atom. The Hall–Kier alpha value is -1.00. The number of rotatable bonds is 5. The summed E-state index contributed by atoms with van der Waals surface area (Å²) in [5, 5.41) is 0.0662. The molecule has 3 rings (SSSR count). The van der Waals surface area contributed by atoms with Crippen LogP contribution in [0.2, 0.25) is 0 Å². The van der Waals surface area contributed by atoms with Gasteiger partial charge in [-0.2, -0.15) is 0 Å². The summed E-state index contributed by atoms with van der Waals surface area (Å²) < 4.78 is 11.6. The Kier molecular flexibility index (Phi) is 6.68. The van der Waals surface area contributed by atoms with Gasteiger partial charge >= 0.3 is 0 Å². The van der Waals surface area contributed by atoms with Crippen LogP contribution < -0.4 is 4.74 Å². The minimum Gasteiger partial charge on any atom is -0.490 e. The summed E-state index contributed by atoms with van der Waals surface area (Å²) in [6, 6.07) is 7.88. The molecule has 2 aliphatic rings. The minimum absolute atomic E-state index is 0.0329. The first-order valence-corrected chi connectivity index (χ1v) is 11.6. The summed E-state index contributed by atoms with van der Waals surface area (Å²) in [6.07, 6.45) is 6.50. The van der Waals surface area contributed by atoms with Crippen LogP contribution >= 0.6 is 0 Å². The second kappa shape index (κ2) is 8.79. The molecule has 1 atom stereocenters. The van der Waals surface area contributed by atoms with Crippen molar-refractivity contribution in [2.45, 2.75) is 64.2 Å². The first-order valence-electron chi connectivity index (χ1n) is 10.00. The van der Waals surface area contributed by atoms with Crippen molar-refractivity contribution in [1.29, 1.82) is 0 Å². The van der Waals surface area contributed by atoms with Crippen molar-refractivity contribution >= 4 is 16.7 Å². The van der Waals surface area contributed by atoms with Crippen LogP contribution in [-0.4, -0.2) is 41.9 Å². The molecule has 1 saturated carbocycles. The van der Waals surface area contributed by atoms with Crippen LogP contribution in [0.4, 0.5) is 0 Å². The highest BCUT2D eigenvalue weighted by atomic mass is 32.2. The van der Waals surface area contributed by atoms with Crippen LogP contribution in [0.1, 0.15) is 63.2 Å². The average Bonchev–Trinajstić information content (AvgIpc) is 2.63. The molecule has 26 heavy (non-hydrogen) atoms. The Morgan fingerprint density at radius 1 is 1.08 bits per heavy atom. The topological polar surface area (TPSA) is 35.5 Å². The number of benzene rings is 1. The van der Waals surface area contributed by atoms with Crippen LogP contribution in [-0.2, 0) is 15.6 Å². The van der Waals surface area contributed by atoms with Crippen molar-refractivity contribution in [1.82, 2.24) is 0 Å². The fourth-order valence-corrected chi connectivity index (χ4v) is 6.82. The van der Waals surface area contributed by atoms with Crippen molar-refractivity contribution in [3.8, 4) is 5.75 Å². The molecule has 144 valence electrons. The summed E-state index contributed by atoms with van der Waals surface area (Å²) in [4.78, 5) is 13.3. The van der Waals surface area contributed by atoms with E-state index in [9.17, 15) is 4.79 Å². The Labute approximate surface area is 161 Å². The minimum atomic E-state index is -0.0329. The quantitative estimate of drug-likeness (QED) is 0.554. The molecule has 0 radical (unpaired) electrons. The summed E-state index contributed by atoms with van der Waals surface area (Å²) >= 11 is 0. The highest BCUT2D eigenvalue weighted by Crippen LogP contribution is 2.32. The monoisotopic (exact) mass is 377 g/mol. The van der Waals surface area contributed by atoms with Crippen molar-refractivity contribution in [2.24, 2.45) is 5.41 Å². The molecule has 4 heteroatoms. The Bertz CT molecular complexity index is 578. The fraction of sp³-hybridized carbons (Fsp3) is 0.682. The number of ether oxygens (including phenoxy) is 2. The zero-order chi connectivity index (χ0) is 18.6. The Morgan fingerprint density at radius 2 is 1.69 bits per heavy atom. The molecular weight excluding hydrogens is 344 g/mol. The largest absolute Gasteiger partial charge is 0.490 e. The summed E-state index contributed by atoms with van der Waals surface area (Å²) in [5.74, 6) is 3.20. The van der Waals surface area contributed by atoms with E-state index in [2.05, 4.69) is 20.8 Å². The maximum absolute atomic E-state index is 13.3. The van der Waals surface area contributed by atoms with Gasteiger partial charge in [-0.1, -0.05) is 27.2 Å². The highest BCUT2D eigenvalue weighted by Gasteiger charge is 2.46. The van der Waals surface area contributed by atoms with E-state index in [0.29, 0.717) is 6.10 Å². The zero-order valence-electron chi connectivity index (χ0n) is 16.5. The standard InChI is InChI=1S/C22H33O3S/c1-22(2,3)21(26-15-13-24-14-16-26)20(23)17-9-11-19(12-10-17)25-18-7-5-4-6-8-18/h9-12,18,21H,4-8,13-16H2,1-3H3/q+1. The molecule has 1 unspecified atom stereocenters. The van der Waals surface area contributed by atoms with Gasteiger partial charge in [-0.25, -0.2) is 0 Å². The van der Waals surface area contributed by atoms with Gasteiger partial charge in [0.2, 0.25) is 5.78 Å². The van der Waals surface area contributed by atoms with Gasteiger partial charge in [0.05, 0.1) is 19.3 Å². The van der Waals surface area contributed by atoms with Crippen LogP contribution in [0.15, 0.2) is 24.3 Å². The lowest BCUT2D eigenvalue weighted by atomic mass is 9.87. The third-order valence-corrected chi connectivity index (χ3v) is 8.30. The number of hydrogen-bond acceptors (Lipinski definition) is 3. The van der Waals surface area contributed by atoms with Gasteiger partial charge in [0.25, 0.3) is 0 Å². The van der Waals surface area contributed by atoms with Crippen molar-refractivity contribution in [3.05, 3.63) is 29.8 Å². The van der Waals surface area contributed by atoms with E-state index in [1.165, 1.54) is 19.3 Å². The molecule has 1 aromatic rings. The van der Waals surface area contributed by atoms with Crippen molar-refractivity contribution in [2.75, 3.05) is 24.7 Å². The molecular formula is C22H33O3S+. The maximum atomic E-state index is 13.3. The highest BCUT2D eigenvalue weighted by molar-refractivity contribution is 7.98. The first kappa shape index (κ1) is 19.8. The van der Waals surface area contributed by atoms with E-state index in [1.807, 2.05) is 24.3 Å². The first-order chi connectivity index (χ1) is 12.4. The van der Waals surface area contributed by atoms with E-state index < -0.39 is 0 Å². The van der Waals surface area contributed by atoms with Gasteiger partial charge in [0.15, 0.2) is 5.25 Å². The summed E-state index contributed by atoms with van der Waals surface area (Å²) in [6.45, 7) is 8.16. The molecule has 1 aliphatic carbocycles. The molecule has 1 saturated heterocycles. The SMILES string of the molecule is CC(C)(C)C(C(=O)c1ccc(OC2CCCCC2)cc1)[S+]1CCOCC1. The molecule has 0 amide bonds. The fourth-order valence-electron chi connectivity index (χ4n) is 4.04. The van der Waals surface area contributed by atoms with Gasteiger partial charge < -0.3 is 9.47 Å². The van der Waals surface area contributed by atoms with E-state index in [1.54, 1.807) is 0 Å². The van der Waals surface area contributed by atoms with Crippen LogP contribution in [0, 0.1) is 5.41 Å². The van der Waals surface area contributed by atoms with Crippen molar-refractivity contribution in [3.63, 3.8) is 0 Å². The van der Waals surface area contributed by atoms with E-state index in [4.69, 9.17) is 9.47 Å². The number of carbonyl (C=O) groups is 1. The molecule has 1 aromatic carbocycles. The number of hydrogen-bond donors (Lipinski definition) is 0. The molecule has 0 bridgehead atoms. The third-order valence-electron chi connectivity index (χ3n) is 5.33. The maximum Gasteiger partial charge on any atom is 0.215 e. The number of Topliss-reactive ketones (excluding diaryl/α,β-unsaturated/α-hetero) is 1. The van der Waals surface area contributed by atoms with E-state index >= 15 is 0 Å². The molecule has 0 N–H and O–H groups in total. The van der Waals surface area contributed by atoms with Crippen LogP contribution in [0.3, 0.4) is 0 Å². The average molecular weight is 378 g/mol.